The normalized spacial score (nSPS) is 12.3. The molecule has 0 bridgehead atoms. The van der Waals surface area contributed by atoms with Gasteiger partial charge in [-0.1, -0.05) is 18.2 Å². The second-order valence-corrected chi connectivity index (χ2v) is 3.84. The monoisotopic (exact) mass is 236 g/mol. The summed E-state index contributed by atoms with van der Waals surface area (Å²) in [5.41, 5.74) is 1.26. The van der Waals surface area contributed by atoms with E-state index in [9.17, 15) is 4.79 Å². The number of hydrogen-bond acceptors (Lipinski definition) is 3. The van der Waals surface area contributed by atoms with Crippen LogP contribution in [-0.4, -0.2) is 5.91 Å². The molecule has 3 rings (SSSR count). The van der Waals surface area contributed by atoms with Gasteiger partial charge in [0, 0.05) is 0 Å². The zero-order valence-electron chi connectivity index (χ0n) is 9.31. The lowest BCUT2D eigenvalue weighted by molar-refractivity contribution is 0.102. The number of ether oxygens (including phenoxy) is 1. The van der Waals surface area contributed by atoms with Crippen LogP contribution in [0.3, 0.4) is 0 Å². The number of nitrogens with one attached hydrogen (secondary N) is 1. The Hall–Kier alpha value is -2.80. The first kappa shape index (κ1) is 10.4. The summed E-state index contributed by atoms with van der Waals surface area (Å²) in [7, 11) is 0. The van der Waals surface area contributed by atoms with Crippen LogP contribution in [0.1, 0.15) is 15.9 Å². The average Bonchev–Trinajstić information content (AvgIpc) is 2.54. The van der Waals surface area contributed by atoms with E-state index in [0.717, 1.165) is 0 Å². The number of nitriles is 1. The van der Waals surface area contributed by atoms with Gasteiger partial charge >= 0.3 is 0 Å². The molecule has 0 fully saturated rings. The number of carbonyl (C=O) groups excluding carboxylic acids is 1. The maximum atomic E-state index is 12.0. The van der Waals surface area contributed by atoms with Crippen LogP contribution in [0, 0.1) is 11.3 Å². The number of rotatable bonds is 0. The smallest absolute Gasteiger partial charge is 0.259 e. The van der Waals surface area contributed by atoms with Gasteiger partial charge in [-0.3, -0.25) is 4.79 Å². The van der Waals surface area contributed by atoms with E-state index >= 15 is 0 Å². The summed E-state index contributed by atoms with van der Waals surface area (Å²) in [6, 6.07) is 14.1. The SMILES string of the molecule is N#Cc1cccc2c1NC(=O)c1ccccc1O2. The quantitative estimate of drug-likeness (QED) is 0.764. The van der Waals surface area contributed by atoms with E-state index in [1.54, 1.807) is 42.5 Å². The third-order valence-corrected chi connectivity index (χ3v) is 2.74. The molecule has 2 aromatic rings. The molecule has 1 amide bonds. The first-order valence-electron chi connectivity index (χ1n) is 5.41. The van der Waals surface area contributed by atoms with E-state index in [4.69, 9.17) is 10.00 Å². The van der Waals surface area contributed by atoms with Crippen molar-refractivity contribution in [3.63, 3.8) is 0 Å². The van der Waals surface area contributed by atoms with Crippen LogP contribution < -0.4 is 10.1 Å². The molecule has 0 atom stereocenters. The van der Waals surface area contributed by atoms with Crippen LogP contribution in [0.25, 0.3) is 0 Å². The zero-order chi connectivity index (χ0) is 12.5. The number of nitrogens with zero attached hydrogens (tertiary/aromatic N) is 1. The van der Waals surface area contributed by atoms with Gasteiger partial charge < -0.3 is 10.1 Å². The Morgan fingerprint density at radius 1 is 1.06 bits per heavy atom. The molecule has 1 heterocycles. The molecule has 0 saturated heterocycles. The second-order valence-electron chi connectivity index (χ2n) is 3.84. The number of anilines is 1. The average molecular weight is 236 g/mol. The molecule has 4 heteroatoms. The van der Waals surface area contributed by atoms with E-state index in [1.165, 1.54) is 0 Å². The summed E-state index contributed by atoms with van der Waals surface area (Å²) in [6.07, 6.45) is 0. The summed E-state index contributed by atoms with van der Waals surface area (Å²) in [5, 5.41) is 11.7. The Balaban J connectivity index is 2.21. The third kappa shape index (κ3) is 1.50. The van der Waals surface area contributed by atoms with Crippen molar-refractivity contribution < 1.29 is 9.53 Å². The maximum Gasteiger partial charge on any atom is 0.259 e. The molecule has 1 aliphatic heterocycles. The predicted octanol–water partition coefficient (Wildman–Crippen LogP) is 2.92. The fourth-order valence-electron chi connectivity index (χ4n) is 1.88. The Morgan fingerprint density at radius 2 is 1.83 bits per heavy atom. The van der Waals surface area contributed by atoms with Crippen LogP contribution in [0.15, 0.2) is 42.5 Å². The molecule has 1 aliphatic rings. The van der Waals surface area contributed by atoms with Gasteiger partial charge in [-0.05, 0) is 24.3 Å². The fraction of sp³-hybridized carbons (Fsp3) is 0. The Bertz CT molecular complexity index is 686. The largest absolute Gasteiger partial charge is 0.454 e. The third-order valence-electron chi connectivity index (χ3n) is 2.74. The number of amides is 1. The van der Waals surface area contributed by atoms with Gasteiger partial charge in [0.15, 0.2) is 5.75 Å². The lowest BCUT2D eigenvalue weighted by Gasteiger charge is -2.07. The summed E-state index contributed by atoms with van der Waals surface area (Å²) in [6.45, 7) is 0. The van der Waals surface area contributed by atoms with Crippen molar-refractivity contribution in [3.8, 4) is 17.6 Å². The minimum atomic E-state index is -0.271. The lowest BCUT2D eigenvalue weighted by atomic mass is 10.1. The van der Waals surface area contributed by atoms with Crippen LogP contribution in [-0.2, 0) is 0 Å². The molecule has 0 radical (unpaired) electrons. The van der Waals surface area contributed by atoms with E-state index in [-0.39, 0.29) is 5.91 Å². The van der Waals surface area contributed by atoms with Gasteiger partial charge in [0.25, 0.3) is 5.91 Å². The summed E-state index contributed by atoms with van der Waals surface area (Å²) in [4.78, 5) is 12.0. The molecule has 2 aromatic carbocycles. The Kier molecular flexibility index (Phi) is 2.24. The second kappa shape index (κ2) is 3.90. The molecule has 0 unspecified atom stereocenters. The maximum absolute atomic E-state index is 12.0. The van der Waals surface area contributed by atoms with Crippen LogP contribution in [0.2, 0.25) is 0 Å². The van der Waals surface area contributed by atoms with Gasteiger partial charge in [-0.2, -0.15) is 5.26 Å². The Labute approximate surface area is 103 Å². The zero-order valence-corrected chi connectivity index (χ0v) is 9.31. The number of hydrogen-bond donors (Lipinski definition) is 1. The first-order chi connectivity index (χ1) is 8.79. The van der Waals surface area contributed by atoms with Crippen LogP contribution in [0.4, 0.5) is 5.69 Å². The molecular formula is C14H8N2O2. The highest BCUT2D eigenvalue weighted by molar-refractivity contribution is 6.08. The van der Waals surface area contributed by atoms with Crippen molar-refractivity contribution in [1.29, 1.82) is 5.26 Å². The molecule has 18 heavy (non-hydrogen) atoms. The minimum Gasteiger partial charge on any atom is -0.454 e. The van der Waals surface area contributed by atoms with Crippen LogP contribution in [0.5, 0.6) is 11.5 Å². The van der Waals surface area contributed by atoms with Gasteiger partial charge in [0.2, 0.25) is 0 Å². The molecule has 0 saturated carbocycles. The number of benzene rings is 2. The number of fused-ring (bicyclic) bond motifs is 2. The molecule has 1 N–H and O–H groups in total. The molecule has 0 aromatic heterocycles. The highest BCUT2D eigenvalue weighted by Crippen LogP contribution is 2.37. The minimum absolute atomic E-state index is 0.271. The number of para-hydroxylation sites is 2. The van der Waals surface area contributed by atoms with Crippen molar-refractivity contribution in [2.24, 2.45) is 0 Å². The van der Waals surface area contributed by atoms with E-state index in [2.05, 4.69) is 5.32 Å². The van der Waals surface area contributed by atoms with Gasteiger partial charge in [0.05, 0.1) is 11.1 Å². The molecule has 0 spiro atoms. The molecule has 4 nitrogen and oxygen atoms in total. The van der Waals surface area contributed by atoms with Crippen molar-refractivity contribution in [2.45, 2.75) is 0 Å². The van der Waals surface area contributed by atoms with Crippen molar-refractivity contribution in [1.82, 2.24) is 0 Å². The van der Waals surface area contributed by atoms with Crippen molar-refractivity contribution >= 4 is 11.6 Å². The Morgan fingerprint density at radius 3 is 2.67 bits per heavy atom. The first-order valence-corrected chi connectivity index (χ1v) is 5.41. The fourth-order valence-corrected chi connectivity index (χ4v) is 1.88. The predicted molar refractivity (Wildman–Crippen MR) is 65.6 cm³/mol. The van der Waals surface area contributed by atoms with Gasteiger partial charge in [-0.25, -0.2) is 0 Å². The number of carbonyl (C=O) groups is 1. The summed E-state index contributed by atoms with van der Waals surface area (Å²) in [5.74, 6) is 0.697. The molecular weight excluding hydrogens is 228 g/mol. The van der Waals surface area contributed by atoms with E-state index < -0.39 is 0 Å². The summed E-state index contributed by atoms with van der Waals surface area (Å²) < 4.78 is 5.68. The lowest BCUT2D eigenvalue weighted by Crippen LogP contribution is -2.11. The van der Waals surface area contributed by atoms with Gasteiger partial charge in [-0.15, -0.1) is 0 Å². The highest BCUT2D eigenvalue weighted by Gasteiger charge is 2.22. The highest BCUT2D eigenvalue weighted by atomic mass is 16.5. The topological polar surface area (TPSA) is 62.1 Å². The van der Waals surface area contributed by atoms with Crippen molar-refractivity contribution in [3.05, 3.63) is 53.6 Å². The van der Waals surface area contributed by atoms with Crippen LogP contribution >= 0.6 is 0 Å². The molecule has 0 aliphatic carbocycles. The standard InChI is InChI=1S/C14H8N2O2/c15-8-9-4-3-7-12-13(9)16-14(17)10-5-1-2-6-11(10)18-12/h1-7H,(H,16,17). The van der Waals surface area contributed by atoms with Crippen molar-refractivity contribution in [2.75, 3.05) is 5.32 Å². The van der Waals surface area contributed by atoms with Gasteiger partial charge in [0.1, 0.15) is 17.5 Å². The summed E-state index contributed by atoms with van der Waals surface area (Å²) >= 11 is 0. The van der Waals surface area contributed by atoms with E-state index in [1.807, 2.05) is 6.07 Å². The molecule has 86 valence electrons. The van der Waals surface area contributed by atoms with E-state index in [0.29, 0.717) is 28.3 Å².